The molecule has 0 bridgehead atoms. The zero-order chi connectivity index (χ0) is 15.1. The number of nitrogens with zero attached hydrogens (tertiary/aromatic N) is 5. The number of allylic oxidation sites excluding steroid dienone is 1. The van der Waals surface area contributed by atoms with Crippen LogP contribution in [0.5, 0.6) is 0 Å². The predicted octanol–water partition coefficient (Wildman–Crippen LogP) is -0.551. The molecule has 0 saturated carbocycles. The Kier molecular flexibility index (Phi) is 3.29. The van der Waals surface area contributed by atoms with Crippen molar-refractivity contribution in [3.05, 3.63) is 17.1 Å². The van der Waals surface area contributed by atoms with E-state index >= 15 is 0 Å². The maximum absolute atomic E-state index is 12.0. The number of carboxylic acid groups (broad SMARTS) is 1. The average molecular weight is 313 g/mol. The fourth-order valence-corrected chi connectivity index (χ4v) is 3.83. The van der Waals surface area contributed by atoms with Crippen molar-refractivity contribution in [1.29, 1.82) is 0 Å². The van der Waals surface area contributed by atoms with Crippen LogP contribution < -0.4 is 0 Å². The third kappa shape index (κ3) is 2.23. The Morgan fingerprint density at radius 1 is 1.62 bits per heavy atom. The number of amides is 1. The maximum Gasteiger partial charge on any atom is 0.512 e. The van der Waals surface area contributed by atoms with Crippen molar-refractivity contribution < 1.29 is 24.5 Å². The van der Waals surface area contributed by atoms with Crippen LogP contribution in [0.3, 0.4) is 0 Å². The summed E-state index contributed by atoms with van der Waals surface area (Å²) in [5, 5.41) is 28.7. The lowest BCUT2D eigenvalue weighted by Crippen LogP contribution is -2.60. The van der Waals surface area contributed by atoms with Gasteiger partial charge in [0.1, 0.15) is 11.7 Å². The van der Waals surface area contributed by atoms with Gasteiger partial charge in [0.15, 0.2) is 0 Å². The first kappa shape index (κ1) is 13.8. The van der Waals surface area contributed by atoms with E-state index in [0.717, 1.165) is 0 Å². The molecule has 2 aliphatic heterocycles. The second-order valence-corrected chi connectivity index (χ2v) is 5.80. The number of tetrazole rings is 1. The van der Waals surface area contributed by atoms with E-state index in [2.05, 4.69) is 15.5 Å². The molecular weight excluding hydrogens is 302 g/mol. The fraction of sp³-hybridized carbons (Fsp3) is 0.500. The molecule has 0 aliphatic carbocycles. The van der Waals surface area contributed by atoms with Gasteiger partial charge in [-0.2, -0.15) is 0 Å². The summed E-state index contributed by atoms with van der Waals surface area (Å²) in [4.78, 5) is 24.6. The van der Waals surface area contributed by atoms with Gasteiger partial charge in [-0.3, -0.25) is 9.69 Å². The van der Waals surface area contributed by atoms with E-state index in [1.807, 2.05) is 0 Å². The maximum atomic E-state index is 12.0. The topological polar surface area (TPSA) is 131 Å². The number of aromatic nitrogens is 4. The number of aliphatic hydroxyl groups excluding tert-OH is 1. The van der Waals surface area contributed by atoms with E-state index in [4.69, 9.17) is 9.84 Å². The Balaban J connectivity index is 1.87. The molecule has 10 nitrogen and oxygen atoms in total. The summed E-state index contributed by atoms with van der Waals surface area (Å²) in [6.07, 6.45) is -0.950. The fourth-order valence-electron chi connectivity index (χ4n) is 2.30. The SMILES string of the molecule is CC(O)[C@H]1C(=O)N2C(OC(=O)O)=C(Cn3cnnn3)S[C@H]12. The lowest BCUT2D eigenvalue weighted by Gasteiger charge is -2.43. The lowest BCUT2D eigenvalue weighted by molar-refractivity contribution is -0.155. The van der Waals surface area contributed by atoms with E-state index in [1.54, 1.807) is 0 Å². The molecule has 0 radical (unpaired) electrons. The molecule has 3 heterocycles. The minimum absolute atomic E-state index is 0.0325. The van der Waals surface area contributed by atoms with E-state index in [9.17, 15) is 14.7 Å². The van der Waals surface area contributed by atoms with Crippen molar-refractivity contribution >= 4 is 23.8 Å². The van der Waals surface area contributed by atoms with Crippen molar-refractivity contribution in [2.24, 2.45) is 5.92 Å². The number of thioether (sulfide) groups is 1. The smallest absolute Gasteiger partial charge is 0.449 e. The minimum atomic E-state index is -1.51. The summed E-state index contributed by atoms with van der Waals surface area (Å²) in [7, 11) is 0. The standard InChI is InChI=1S/C10H11N5O5S/c1-4(16)6-7(17)15-8(20-10(18)19)5(21-9(6)15)2-14-3-11-12-13-14/h3-4,6,9,16H,2H2,1H3,(H,18,19)/t4?,6-,9+/m0/s1. The first-order valence-electron chi connectivity index (χ1n) is 6.01. The molecule has 1 saturated heterocycles. The molecule has 1 fully saturated rings. The Bertz CT molecular complexity index is 615. The summed E-state index contributed by atoms with van der Waals surface area (Å²) in [6.45, 7) is 1.71. The second-order valence-electron chi connectivity index (χ2n) is 4.59. The van der Waals surface area contributed by atoms with Crippen LogP contribution in [0.25, 0.3) is 0 Å². The normalized spacial score (nSPS) is 25.6. The van der Waals surface area contributed by atoms with E-state index in [0.29, 0.717) is 4.91 Å². The van der Waals surface area contributed by atoms with Crippen LogP contribution in [0, 0.1) is 5.92 Å². The highest BCUT2D eigenvalue weighted by Gasteiger charge is 2.57. The summed E-state index contributed by atoms with van der Waals surface area (Å²) < 4.78 is 6.11. The quantitative estimate of drug-likeness (QED) is 0.555. The van der Waals surface area contributed by atoms with Gasteiger partial charge in [0.2, 0.25) is 11.8 Å². The summed E-state index contributed by atoms with van der Waals surface area (Å²) in [6, 6.07) is 0. The van der Waals surface area contributed by atoms with Gasteiger partial charge in [0.25, 0.3) is 0 Å². The number of ether oxygens (including phenoxy) is 1. The van der Waals surface area contributed by atoms with Gasteiger partial charge in [-0.25, -0.2) is 9.48 Å². The highest BCUT2D eigenvalue weighted by molar-refractivity contribution is 8.04. The van der Waals surface area contributed by atoms with Crippen LogP contribution in [0.4, 0.5) is 4.79 Å². The number of carbonyl (C=O) groups excluding carboxylic acids is 1. The van der Waals surface area contributed by atoms with Crippen LogP contribution in [0.2, 0.25) is 0 Å². The van der Waals surface area contributed by atoms with Gasteiger partial charge in [-0.1, -0.05) is 11.8 Å². The Morgan fingerprint density at radius 2 is 2.38 bits per heavy atom. The molecular formula is C10H11N5O5S. The molecule has 2 N–H and O–H groups in total. The lowest BCUT2D eigenvalue weighted by atomic mass is 9.93. The Hall–Kier alpha value is -2.14. The molecule has 2 aliphatic rings. The van der Waals surface area contributed by atoms with E-state index in [-0.39, 0.29) is 23.7 Å². The number of hydrogen-bond acceptors (Lipinski definition) is 8. The molecule has 112 valence electrons. The molecule has 1 aromatic heterocycles. The van der Waals surface area contributed by atoms with Gasteiger partial charge in [-0.15, -0.1) is 5.10 Å². The zero-order valence-electron chi connectivity index (χ0n) is 10.8. The van der Waals surface area contributed by atoms with E-state index in [1.165, 1.54) is 34.6 Å². The van der Waals surface area contributed by atoms with Gasteiger partial charge in [0.05, 0.1) is 23.5 Å². The van der Waals surface area contributed by atoms with Crippen molar-refractivity contribution in [3.8, 4) is 0 Å². The van der Waals surface area contributed by atoms with Crippen LogP contribution in [0.15, 0.2) is 17.1 Å². The molecule has 1 amide bonds. The summed E-state index contributed by atoms with van der Waals surface area (Å²) in [5.74, 6) is -0.964. The largest absolute Gasteiger partial charge is 0.512 e. The predicted molar refractivity (Wildman–Crippen MR) is 67.3 cm³/mol. The average Bonchev–Trinajstić information content (AvgIpc) is 2.96. The molecule has 0 spiro atoms. The number of rotatable bonds is 4. The molecule has 0 aromatic carbocycles. The molecule has 1 unspecified atom stereocenters. The second kappa shape index (κ2) is 5.00. The number of β-lactam (4-membered cyclic amide) rings is 1. The molecule has 21 heavy (non-hydrogen) atoms. The molecule has 1 aromatic rings. The highest BCUT2D eigenvalue weighted by Crippen LogP contribution is 2.50. The van der Waals surface area contributed by atoms with Crippen molar-refractivity contribution in [2.45, 2.75) is 24.9 Å². The van der Waals surface area contributed by atoms with Crippen LogP contribution in [-0.2, 0) is 16.1 Å². The van der Waals surface area contributed by atoms with Gasteiger partial charge in [-0.05, 0) is 17.4 Å². The molecule has 3 atom stereocenters. The van der Waals surface area contributed by atoms with Gasteiger partial charge in [0, 0.05) is 0 Å². The van der Waals surface area contributed by atoms with Crippen molar-refractivity contribution in [2.75, 3.05) is 0 Å². The van der Waals surface area contributed by atoms with Gasteiger partial charge >= 0.3 is 6.16 Å². The minimum Gasteiger partial charge on any atom is -0.449 e. The number of aliphatic hydroxyl groups is 1. The zero-order valence-corrected chi connectivity index (χ0v) is 11.6. The number of carbonyl (C=O) groups is 2. The number of fused-ring (bicyclic) bond motifs is 1. The van der Waals surface area contributed by atoms with Crippen LogP contribution >= 0.6 is 11.8 Å². The first-order chi connectivity index (χ1) is 9.99. The monoisotopic (exact) mass is 313 g/mol. The molecule has 3 rings (SSSR count). The molecule has 11 heteroatoms. The van der Waals surface area contributed by atoms with Crippen molar-refractivity contribution in [1.82, 2.24) is 25.1 Å². The third-order valence-electron chi connectivity index (χ3n) is 3.21. The van der Waals surface area contributed by atoms with Gasteiger partial charge < -0.3 is 14.9 Å². The third-order valence-corrected chi connectivity index (χ3v) is 4.54. The van der Waals surface area contributed by atoms with Crippen molar-refractivity contribution in [3.63, 3.8) is 0 Å². The first-order valence-corrected chi connectivity index (χ1v) is 6.89. The number of hydrogen-bond donors (Lipinski definition) is 2. The Labute approximate surface area is 122 Å². The summed E-state index contributed by atoms with van der Waals surface area (Å²) in [5.41, 5.74) is 0. The Morgan fingerprint density at radius 3 is 2.95 bits per heavy atom. The highest BCUT2D eigenvalue weighted by atomic mass is 32.2. The summed E-state index contributed by atoms with van der Waals surface area (Å²) >= 11 is 1.27. The van der Waals surface area contributed by atoms with Crippen LogP contribution in [0.1, 0.15) is 6.92 Å². The van der Waals surface area contributed by atoms with Crippen LogP contribution in [-0.4, -0.2) is 58.9 Å². The van der Waals surface area contributed by atoms with E-state index < -0.39 is 18.2 Å².